The fraction of sp³-hybridized carbons (Fsp3) is 0.241. The fourth-order valence-electron chi connectivity index (χ4n) is 4.04. The van der Waals surface area contributed by atoms with Gasteiger partial charge in [-0.2, -0.15) is 5.26 Å². The molecule has 0 radical (unpaired) electrons. The first-order valence-corrected chi connectivity index (χ1v) is 11.5. The van der Waals surface area contributed by atoms with Gasteiger partial charge in [0.15, 0.2) is 0 Å². The third-order valence-electron chi connectivity index (χ3n) is 5.91. The lowest BCUT2D eigenvalue weighted by molar-refractivity contribution is 0.0734. The lowest BCUT2D eigenvalue weighted by atomic mass is 9.83. The molecule has 1 heterocycles. The van der Waals surface area contributed by atoms with Crippen molar-refractivity contribution in [1.82, 2.24) is 0 Å². The van der Waals surface area contributed by atoms with Gasteiger partial charge in [0.25, 0.3) is 0 Å². The summed E-state index contributed by atoms with van der Waals surface area (Å²) in [5.74, 6) is 0.664. The number of carbonyl (C=O) groups is 1. The molecule has 178 valence electrons. The summed E-state index contributed by atoms with van der Waals surface area (Å²) >= 11 is 0. The van der Waals surface area contributed by atoms with Crippen LogP contribution in [0.3, 0.4) is 0 Å². The number of benzene rings is 3. The Morgan fingerprint density at radius 3 is 2.29 bits per heavy atom. The van der Waals surface area contributed by atoms with Crippen LogP contribution in [0.25, 0.3) is 0 Å². The zero-order valence-electron chi connectivity index (χ0n) is 20.3. The number of carbonyl (C=O) groups excluding carboxylic acids is 1. The van der Waals surface area contributed by atoms with Gasteiger partial charge in [-0.05, 0) is 53.8 Å². The Morgan fingerprint density at radius 2 is 1.69 bits per heavy atom. The molecule has 1 aliphatic rings. The van der Waals surface area contributed by atoms with Gasteiger partial charge in [-0.15, -0.1) is 0 Å². The van der Waals surface area contributed by atoms with Crippen LogP contribution in [0.5, 0.6) is 17.2 Å². The second kappa shape index (κ2) is 9.55. The van der Waals surface area contributed by atoms with Gasteiger partial charge in [0.2, 0.25) is 5.88 Å². The molecule has 1 unspecified atom stereocenters. The van der Waals surface area contributed by atoms with Crippen LogP contribution in [0.1, 0.15) is 60.7 Å². The monoisotopic (exact) mass is 468 g/mol. The smallest absolute Gasteiger partial charge is 0.343 e. The third-order valence-corrected chi connectivity index (χ3v) is 5.91. The molecule has 4 rings (SSSR count). The van der Waals surface area contributed by atoms with E-state index in [0.29, 0.717) is 29.2 Å². The summed E-state index contributed by atoms with van der Waals surface area (Å²) in [7, 11) is 0. The summed E-state index contributed by atoms with van der Waals surface area (Å²) in [6.07, 6.45) is 0. The van der Waals surface area contributed by atoms with Crippen molar-refractivity contribution in [3.63, 3.8) is 0 Å². The summed E-state index contributed by atoms with van der Waals surface area (Å²) in [5.41, 5.74) is 9.64. The normalized spacial score (nSPS) is 15.0. The molecule has 0 spiro atoms. The van der Waals surface area contributed by atoms with Gasteiger partial charge < -0.3 is 19.9 Å². The second-order valence-electron chi connectivity index (χ2n) is 9.34. The number of esters is 1. The maximum Gasteiger partial charge on any atom is 0.343 e. The second-order valence-corrected chi connectivity index (χ2v) is 9.34. The van der Waals surface area contributed by atoms with Crippen LogP contribution in [-0.2, 0) is 5.41 Å². The van der Waals surface area contributed by atoms with E-state index < -0.39 is 11.9 Å². The molecule has 6 heteroatoms. The van der Waals surface area contributed by atoms with E-state index in [1.54, 1.807) is 30.3 Å². The van der Waals surface area contributed by atoms with E-state index in [-0.39, 0.29) is 11.3 Å². The predicted molar refractivity (Wildman–Crippen MR) is 133 cm³/mol. The standard InChI is InChI=1S/C29H28N2O4/c1-5-33-21-12-8-18(9-13-21)26-23-15-14-22(16-25(23)35-27(31)24(26)17-30)34-28(32)19-6-10-20(11-7-19)29(2,3)4/h6-16,26H,5,31H2,1-4H3. The predicted octanol–water partition coefficient (Wildman–Crippen LogP) is 5.82. The molecule has 0 bridgehead atoms. The lowest BCUT2D eigenvalue weighted by Crippen LogP contribution is -2.21. The Kier molecular flexibility index (Phi) is 6.52. The highest BCUT2D eigenvalue weighted by Gasteiger charge is 2.31. The van der Waals surface area contributed by atoms with Gasteiger partial charge in [-0.25, -0.2) is 4.79 Å². The third kappa shape index (κ3) is 4.99. The van der Waals surface area contributed by atoms with E-state index in [2.05, 4.69) is 26.8 Å². The summed E-state index contributed by atoms with van der Waals surface area (Å²) in [5, 5.41) is 9.76. The van der Waals surface area contributed by atoms with E-state index in [4.69, 9.17) is 19.9 Å². The van der Waals surface area contributed by atoms with Crippen LogP contribution in [0.15, 0.2) is 78.2 Å². The van der Waals surface area contributed by atoms with Crippen molar-refractivity contribution in [2.75, 3.05) is 6.61 Å². The van der Waals surface area contributed by atoms with Gasteiger partial charge in [0.1, 0.15) is 28.9 Å². The highest BCUT2D eigenvalue weighted by atomic mass is 16.5. The zero-order chi connectivity index (χ0) is 25.2. The number of nitriles is 1. The average Bonchev–Trinajstić information content (AvgIpc) is 2.83. The Bertz CT molecular complexity index is 1310. The first kappa shape index (κ1) is 23.9. The zero-order valence-corrected chi connectivity index (χ0v) is 20.3. The van der Waals surface area contributed by atoms with Crippen LogP contribution in [0, 0.1) is 11.3 Å². The van der Waals surface area contributed by atoms with Crippen molar-refractivity contribution in [3.05, 3.63) is 100 Å². The van der Waals surface area contributed by atoms with Crippen LogP contribution in [0.2, 0.25) is 0 Å². The number of nitrogens with two attached hydrogens (primary N) is 1. The maximum atomic E-state index is 12.7. The van der Waals surface area contributed by atoms with Gasteiger partial charge in [0, 0.05) is 11.6 Å². The first-order chi connectivity index (χ1) is 16.7. The average molecular weight is 469 g/mol. The number of rotatable bonds is 5. The van der Waals surface area contributed by atoms with Crippen molar-refractivity contribution < 1.29 is 19.0 Å². The minimum absolute atomic E-state index is 0.00607. The largest absolute Gasteiger partial charge is 0.494 e. The van der Waals surface area contributed by atoms with Crippen molar-refractivity contribution in [1.29, 1.82) is 5.26 Å². The topological polar surface area (TPSA) is 94.6 Å². The molecular formula is C29H28N2O4. The number of fused-ring (bicyclic) bond motifs is 1. The van der Waals surface area contributed by atoms with E-state index >= 15 is 0 Å². The Balaban J connectivity index is 1.61. The molecule has 35 heavy (non-hydrogen) atoms. The Labute approximate surface area is 205 Å². The number of nitrogens with zero attached hydrogens (tertiary/aromatic N) is 1. The molecule has 6 nitrogen and oxygen atoms in total. The summed E-state index contributed by atoms with van der Waals surface area (Å²) in [6, 6.07) is 22.2. The van der Waals surface area contributed by atoms with Gasteiger partial charge in [-0.1, -0.05) is 51.1 Å². The summed E-state index contributed by atoms with van der Waals surface area (Å²) in [6.45, 7) is 8.84. The molecular weight excluding hydrogens is 440 g/mol. The Hall–Kier alpha value is -4.24. The highest BCUT2D eigenvalue weighted by molar-refractivity contribution is 5.91. The minimum atomic E-state index is -0.467. The van der Waals surface area contributed by atoms with Crippen LogP contribution < -0.4 is 19.9 Å². The fourth-order valence-corrected chi connectivity index (χ4v) is 4.04. The van der Waals surface area contributed by atoms with Gasteiger partial charge in [0.05, 0.1) is 18.1 Å². The minimum Gasteiger partial charge on any atom is -0.494 e. The molecule has 1 atom stereocenters. The van der Waals surface area contributed by atoms with Crippen molar-refractivity contribution in [3.8, 4) is 23.3 Å². The highest BCUT2D eigenvalue weighted by Crippen LogP contribution is 2.43. The van der Waals surface area contributed by atoms with E-state index in [0.717, 1.165) is 22.4 Å². The molecule has 1 aliphatic heterocycles. The molecule has 0 amide bonds. The van der Waals surface area contributed by atoms with Crippen molar-refractivity contribution in [2.24, 2.45) is 5.73 Å². The van der Waals surface area contributed by atoms with Crippen LogP contribution >= 0.6 is 0 Å². The van der Waals surface area contributed by atoms with Crippen molar-refractivity contribution >= 4 is 5.97 Å². The SMILES string of the molecule is CCOc1ccc(C2C(C#N)=C(N)Oc3cc(OC(=O)c4ccc(C(C)(C)C)cc4)ccc32)cc1. The molecule has 0 saturated carbocycles. The number of hydrogen-bond acceptors (Lipinski definition) is 6. The van der Waals surface area contributed by atoms with Crippen molar-refractivity contribution in [2.45, 2.75) is 39.0 Å². The quantitative estimate of drug-likeness (QED) is 0.374. The molecule has 3 aromatic rings. The lowest BCUT2D eigenvalue weighted by Gasteiger charge is -2.26. The maximum absolute atomic E-state index is 12.7. The van der Waals surface area contributed by atoms with Crippen LogP contribution in [-0.4, -0.2) is 12.6 Å². The number of hydrogen-bond donors (Lipinski definition) is 1. The molecule has 2 N–H and O–H groups in total. The van der Waals surface area contributed by atoms with E-state index in [1.165, 1.54) is 0 Å². The van der Waals surface area contributed by atoms with E-state index in [9.17, 15) is 10.1 Å². The van der Waals surface area contributed by atoms with Gasteiger partial charge in [-0.3, -0.25) is 0 Å². The van der Waals surface area contributed by atoms with E-state index in [1.807, 2.05) is 43.3 Å². The number of allylic oxidation sites excluding steroid dienone is 1. The molecule has 0 fully saturated rings. The van der Waals surface area contributed by atoms with Crippen LogP contribution in [0.4, 0.5) is 0 Å². The molecule has 0 aliphatic carbocycles. The molecule has 3 aromatic carbocycles. The Morgan fingerprint density at radius 1 is 1.03 bits per heavy atom. The molecule has 0 aromatic heterocycles. The van der Waals surface area contributed by atoms with Gasteiger partial charge >= 0.3 is 5.97 Å². The summed E-state index contributed by atoms with van der Waals surface area (Å²) < 4.78 is 16.9. The molecule has 0 saturated heterocycles. The number of ether oxygens (including phenoxy) is 3. The summed E-state index contributed by atoms with van der Waals surface area (Å²) in [4.78, 5) is 12.7. The first-order valence-electron chi connectivity index (χ1n) is 11.5.